The molecule has 42 heavy (non-hydrogen) atoms. The van der Waals surface area contributed by atoms with Crippen molar-refractivity contribution >= 4 is 58.5 Å². The molecule has 214 valence electrons. The zero-order chi connectivity index (χ0) is 30.1. The lowest BCUT2D eigenvalue weighted by Gasteiger charge is -2.13. The van der Waals surface area contributed by atoms with E-state index in [2.05, 4.69) is 29.8 Å². The topological polar surface area (TPSA) is 87.3 Å². The molecule has 3 amide bonds. The van der Waals surface area contributed by atoms with Crippen LogP contribution in [0.5, 0.6) is 0 Å². The van der Waals surface area contributed by atoms with Crippen LogP contribution < -0.4 is 16.0 Å². The second-order valence-corrected chi connectivity index (χ2v) is 11.5. The highest BCUT2D eigenvalue weighted by Crippen LogP contribution is 2.24. The maximum atomic E-state index is 13.4. The Bertz CT molecular complexity index is 1600. The molecule has 0 fully saturated rings. The fraction of sp³-hybridized carbons (Fsp3) is 0.147. The Morgan fingerprint density at radius 2 is 1.60 bits per heavy atom. The zero-order valence-electron chi connectivity index (χ0n) is 23.6. The number of nitrogens with one attached hydrogen (secondary N) is 3. The van der Waals surface area contributed by atoms with Gasteiger partial charge in [0.1, 0.15) is 5.70 Å². The summed E-state index contributed by atoms with van der Waals surface area (Å²) in [6.07, 6.45) is 1.65. The minimum absolute atomic E-state index is 0.107. The summed E-state index contributed by atoms with van der Waals surface area (Å²) in [4.78, 5) is 39.7. The molecule has 8 heteroatoms. The summed E-state index contributed by atoms with van der Waals surface area (Å²) in [5.41, 5.74) is 4.63. The highest BCUT2D eigenvalue weighted by atomic mass is 35.5. The molecule has 0 aromatic heterocycles. The third kappa shape index (κ3) is 8.83. The number of thioether (sulfide) groups is 1. The number of anilines is 2. The van der Waals surface area contributed by atoms with Crippen molar-refractivity contribution in [2.45, 2.75) is 31.6 Å². The maximum Gasteiger partial charge on any atom is 0.272 e. The number of amides is 3. The molecule has 6 nitrogen and oxygen atoms in total. The van der Waals surface area contributed by atoms with Crippen molar-refractivity contribution in [3.63, 3.8) is 0 Å². The molecule has 0 unspecified atom stereocenters. The second-order valence-electron chi connectivity index (χ2n) is 9.98. The van der Waals surface area contributed by atoms with Crippen molar-refractivity contribution in [1.82, 2.24) is 5.32 Å². The van der Waals surface area contributed by atoms with Gasteiger partial charge in [-0.25, -0.2) is 0 Å². The third-order valence-electron chi connectivity index (χ3n) is 6.38. The van der Waals surface area contributed by atoms with Crippen molar-refractivity contribution in [2.24, 2.45) is 0 Å². The normalized spacial score (nSPS) is 11.2. The fourth-order valence-corrected chi connectivity index (χ4v) is 4.94. The van der Waals surface area contributed by atoms with Crippen LogP contribution in [0.3, 0.4) is 0 Å². The standard InChI is InChI=1S/C34H32ClN3O3S/c1-22(2)25-15-13-24(14-16-25)18-31(38-33(40)26-8-5-4-6-9-26)34(41)36-28-10-7-11-29(20-28)42-21-32(39)37-30-19-27(35)17-12-23(30)3/h4-20,22H,21H2,1-3H3,(H,36,41)(H,37,39)(H,38,40)/b31-18+. The Kier molecular flexibility index (Phi) is 10.6. The molecule has 4 rings (SSSR count). The number of halogens is 1. The Morgan fingerprint density at radius 3 is 2.31 bits per heavy atom. The highest BCUT2D eigenvalue weighted by molar-refractivity contribution is 8.00. The second kappa shape index (κ2) is 14.5. The molecule has 3 N–H and O–H groups in total. The van der Waals surface area contributed by atoms with Gasteiger partial charge in [0.15, 0.2) is 0 Å². The van der Waals surface area contributed by atoms with E-state index in [1.165, 1.54) is 17.3 Å². The molecule has 0 aliphatic heterocycles. The Labute approximate surface area is 255 Å². The smallest absolute Gasteiger partial charge is 0.272 e. The van der Waals surface area contributed by atoms with Crippen molar-refractivity contribution in [1.29, 1.82) is 0 Å². The SMILES string of the molecule is Cc1ccc(Cl)cc1NC(=O)CSc1cccc(NC(=O)/C(=C\c2ccc(C(C)C)cc2)NC(=O)c2ccccc2)c1. The van der Waals surface area contributed by atoms with Gasteiger partial charge in [-0.15, -0.1) is 11.8 Å². The van der Waals surface area contributed by atoms with E-state index in [4.69, 9.17) is 11.6 Å². The first kappa shape index (κ1) is 30.6. The number of carbonyl (C=O) groups excluding carboxylic acids is 3. The molecular formula is C34H32ClN3O3S. The average molecular weight is 598 g/mol. The lowest BCUT2D eigenvalue weighted by atomic mass is 10.0. The predicted molar refractivity (Wildman–Crippen MR) is 173 cm³/mol. The minimum Gasteiger partial charge on any atom is -0.325 e. The van der Waals surface area contributed by atoms with Gasteiger partial charge in [0.2, 0.25) is 5.91 Å². The Hall–Kier alpha value is -4.33. The minimum atomic E-state index is -0.469. The van der Waals surface area contributed by atoms with Crippen LogP contribution in [0.15, 0.2) is 108 Å². The molecule has 0 radical (unpaired) electrons. The lowest BCUT2D eigenvalue weighted by Crippen LogP contribution is -2.30. The molecule has 0 aliphatic rings. The summed E-state index contributed by atoms with van der Waals surface area (Å²) in [6.45, 7) is 6.13. The summed E-state index contributed by atoms with van der Waals surface area (Å²) >= 11 is 7.40. The van der Waals surface area contributed by atoms with E-state index < -0.39 is 5.91 Å². The largest absolute Gasteiger partial charge is 0.325 e. The summed E-state index contributed by atoms with van der Waals surface area (Å²) in [7, 11) is 0. The monoisotopic (exact) mass is 597 g/mol. The van der Waals surface area contributed by atoms with Crippen LogP contribution in [0.1, 0.15) is 46.8 Å². The first-order chi connectivity index (χ1) is 20.2. The van der Waals surface area contributed by atoms with E-state index in [9.17, 15) is 14.4 Å². The first-order valence-electron chi connectivity index (χ1n) is 13.5. The van der Waals surface area contributed by atoms with Crippen LogP contribution in [0, 0.1) is 6.92 Å². The third-order valence-corrected chi connectivity index (χ3v) is 7.61. The Balaban J connectivity index is 1.47. The van der Waals surface area contributed by atoms with Crippen molar-refractivity contribution in [2.75, 3.05) is 16.4 Å². The Morgan fingerprint density at radius 1 is 0.857 bits per heavy atom. The summed E-state index contributed by atoms with van der Waals surface area (Å²) in [5.74, 6) is -0.476. The fourth-order valence-electron chi connectivity index (χ4n) is 4.01. The van der Waals surface area contributed by atoms with Crippen LogP contribution in [0.25, 0.3) is 6.08 Å². The molecule has 0 bridgehead atoms. The van der Waals surface area contributed by atoms with Gasteiger partial charge in [0.05, 0.1) is 5.75 Å². The van der Waals surface area contributed by atoms with E-state index in [-0.39, 0.29) is 23.3 Å². The van der Waals surface area contributed by atoms with Gasteiger partial charge in [-0.2, -0.15) is 0 Å². The van der Waals surface area contributed by atoms with Gasteiger partial charge < -0.3 is 16.0 Å². The number of carbonyl (C=O) groups is 3. The first-order valence-corrected chi connectivity index (χ1v) is 14.8. The van der Waals surface area contributed by atoms with E-state index in [0.717, 1.165) is 16.0 Å². The van der Waals surface area contributed by atoms with Gasteiger partial charge in [-0.05, 0) is 78.1 Å². The summed E-state index contributed by atoms with van der Waals surface area (Å²) in [6, 6.07) is 29.1. The number of hydrogen-bond donors (Lipinski definition) is 3. The van der Waals surface area contributed by atoms with E-state index in [0.29, 0.717) is 27.9 Å². The number of rotatable bonds is 10. The quantitative estimate of drug-likeness (QED) is 0.128. The van der Waals surface area contributed by atoms with Crippen LogP contribution in [-0.2, 0) is 9.59 Å². The van der Waals surface area contributed by atoms with E-state index in [1.807, 2.05) is 49.4 Å². The molecule has 0 saturated carbocycles. The van der Waals surface area contributed by atoms with Gasteiger partial charge in [0.25, 0.3) is 11.8 Å². The van der Waals surface area contributed by atoms with E-state index >= 15 is 0 Å². The summed E-state index contributed by atoms with van der Waals surface area (Å²) in [5, 5.41) is 9.08. The molecular weight excluding hydrogens is 566 g/mol. The molecule has 0 aliphatic carbocycles. The van der Waals surface area contributed by atoms with Crippen molar-refractivity contribution < 1.29 is 14.4 Å². The van der Waals surface area contributed by atoms with Crippen LogP contribution in [0.4, 0.5) is 11.4 Å². The maximum absolute atomic E-state index is 13.4. The van der Waals surface area contributed by atoms with Crippen molar-refractivity contribution in [3.05, 3.63) is 130 Å². The lowest BCUT2D eigenvalue weighted by molar-refractivity contribution is -0.114. The summed E-state index contributed by atoms with van der Waals surface area (Å²) < 4.78 is 0. The van der Waals surface area contributed by atoms with Gasteiger partial charge in [-0.1, -0.05) is 80.0 Å². The van der Waals surface area contributed by atoms with Crippen LogP contribution in [-0.4, -0.2) is 23.5 Å². The molecule has 0 saturated heterocycles. The molecule has 0 spiro atoms. The molecule has 0 heterocycles. The van der Waals surface area contributed by atoms with Crippen LogP contribution in [0.2, 0.25) is 5.02 Å². The van der Waals surface area contributed by atoms with Gasteiger partial charge in [-0.3, -0.25) is 14.4 Å². The predicted octanol–water partition coefficient (Wildman–Crippen LogP) is 7.91. The molecule has 4 aromatic rings. The molecule has 4 aromatic carbocycles. The van der Waals surface area contributed by atoms with Crippen LogP contribution >= 0.6 is 23.4 Å². The number of aryl methyl sites for hydroxylation is 1. The molecule has 0 atom stereocenters. The van der Waals surface area contributed by atoms with Gasteiger partial charge >= 0.3 is 0 Å². The average Bonchev–Trinajstić information content (AvgIpc) is 2.98. The zero-order valence-corrected chi connectivity index (χ0v) is 25.2. The highest BCUT2D eigenvalue weighted by Gasteiger charge is 2.16. The van der Waals surface area contributed by atoms with Gasteiger partial charge in [0, 0.05) is 26.9 Å². The number of benzene rings is 4. The van der Waals surface area contributed by atoms with E-state index in [1.54, 1.807) is 60.7 Å². The van der Waals surface area contributed by atoms with Crippen molar-refractivity contribution in [3.8, 4) is 0 Å². The number of hydrogen-bond acceptors (Lipinski definition) is 4.